The lowest BCUT2D eigenvalue weighted by atomic mass is 10.0. The molecule has 370 valence electrons. The molecule has 70 heavy (non-hydrogen) atoms. The van der Waals surface area contributed by atoms with Gasteiger partial charge in [0.25, 0.3) is 0 Å². The Morgan fingerprint density at radius 2 is 1.37 bits per heavy atom. The molecule has 5 atom stereocenters. The number of aromatic amines is 2. The third-order valence-electron chi connectivity index (χ3n) is 13.2. The number of nitrogens with zero attached hydrogens (tertiary/aromatic N) is 5. The summed E-state index contributed by atoms with van der Waals surface area (Å²) in [6.45, 7) is 8.28. The largest absolute Gasteiger partial charge is 0.464 e. The Balaban J connectivity index is 1.04. The molecule has 21 heteroatoms. The molecule has 0 saturated carbocycles. The van der Waals surface area contributed by atoms with Crippen LogP contribution in [0.15, 0.2) is 60.9 Å². The number of methoxy groups -OCH3 is 2. The number of halogens is 4. The van der Waals surface area contributed by atoms with Crippen molar-refractivity contribution >= 4 is 46.2 Å². The van der Waals surface area contributed by atoms with Crippen LogP contribution in [0, 0.1) is 17.7 Å². The van der Waals surface area contributed by atoms with E-state index >= 15 is 4.39 Å². The minimum absolute atomic E-state index is 0.0966. The van der Waals surface area contributed by atoms with Gasteiger partial charge in [-0.1, -0.05) is 33.8 Å². The molecule has 4 N–H and O–H groups in total. The molecule has 16 nitrogen and oxygen atoms in total. The Morgan fingerprint density at radius 3 is 1.91 bits per heavy atom. The molecule has 2 aromatic carbocycles. The summed E-state index contributed by atoms with van der Waals surface area (Å²) in [6, 6.07) is 11.1. The van der Waals surface area contributed by atoms with Gasteiger partial charge < -0.3 is 44.6 Å². The van der Waals surface area contributed by atoms with E-state index in [1.54, 1.807) is 38.9 Å². The van der Waals surface area contributed by atoms with Crippen LogP contribution < -0.4 is 15.4 Å². The van der Waals surface area contributed by atoms with Crippen LogP contribution in [-0.2, 0) is 25.5 Å². The maximum Gasteiger partial charge on any atom is 0.407 e. The zero-order chi connectivity index (χ0) is 49.8. The monoisotopic (exact) mass is 987 g/mol. The van der Waals surface area contributed by atoms with Crippen molar-refractivity contribution in [3.8, 4) is 39.5 Å². The van der Waals surface area contributed by atoms with Gasteiger partial charge in [0.05, 0.1) is 78.2 Å². The quantitative estimate of drug-likeness (QED) is 0.0866. The maximum atomic E-state index is 16.9. The van der Waals surface area contributed by atoms with E-state index in [2.05, 4.69) is 25.6 Å². The standard InChI is InChI=1S/C49H53F4N9O7S/c1-24(2)40(58-47(65)67-5)44(63)60-15-7-9-34(60)42-54-22-31(56-42)26-11-13-33-28(17-26)19-36-39-30(50)18-27(20-37(39)69-46(62(33)36)38-14-12-29(70-38)21-49(51,52)53)32-23-55-43(57-32)35-10-8-16-61(35)45(64)41(25(3)4)59-48(66)68-6/h11-14,17-20,22-25,34-35,40-41,46H,7-10,15-16,21H2,1-6H3,(H,54,56)(H,55,57)(H,58,65)(H,59,66)/t34-,35-,40-,41-,46?/m0/s1. The summed E-state index contributed by atoms with van der Waals surface area (Å²) < 4.78 is 75.6. The number of H-pyrrole nitrogens is 2. The van der Waals surface area contributed by atoms with Crippen molar-refractivity contribution < 1.29 is 51.0 Å². The smallest absolute Gasteiger partial charge is 0.407 e. The molecule has 0 aliphatic carbocycles. The predicted octanol–water partition coefficient (Wildman–Crippen LogP) is 9.42. The number of amides is 4. The molecule has 3 aliphatic heterocycles. The van der Waals surface area contributed by atoms with Crippen LogP contribution in [0.5, 0.6) is 5.75 Å². The van der Waals surface area contributed by atoms with Gasteiger partial charge in [0.2, 0.25) is 18.0 Å². The Hall–Kier alpha value is -6.90. The molecule has 9 rings (SSSR count). The lowest BCUT2D eigenvalue weighted by Crippen LogP contribution is -2.51. The summed E-state index contributed by atoms with van der Waals surface area (Å²) in [7, 11) is 2.48. The van der Waals surface area contributed by atoms with E-state index in [-0.39, 0.29) is 45.9 Å². The molecule has 0 radical (unpaired) electrons. The van der Waals surface area contributed by atoms with Crippen molar-refractivity contribution in [3.05, 3.63) is 88.1 Å². The normalized spacial score (nSPS) is 18.7. The van der Waals surface area contributed by atoms with E-state index in [0.29, 0.717) is 82.4 Å². The molecule has 3 aliphatic rings. The second-order valence-electron chi connectivity index (χ2n) is 18.5. The highest BCUT2D eigenvalue weighted by molar-refractivity contribution is 7.12. The average Bonchev–Trinajstić information content (AvgIpc) is 4.18. The van der Waals surface area contributed by atoms with Gasteiger partial charge in [0.15, 0.2) is 0 Å². The fourth-order valence-electron chi connectivity index (χ4n) is 9.80. The molecular formula is C49H53F4N9O7S. The first-order chi connectivity index (χ1) is 33.4. The van der Waals surface area contributed by atoms with Crippen LogP contribution in [0.1, 0.15) is 93.1 Å². The number of carbonyl (C=O) groups is 4. The van der Waals surface area contributed by atoms with Gasteiger partial charge >= 0.3 is 18.4 Å². The first kappa shape index (κ1) is 48.1. The Morgan fingerprint density at radius 1 is 0.800 bits per heavy atom. The lowest BCUT2D eigenvalue weighted by Gasteiger charge is -2.30. The zero-order valence-electron chi connectivity index (χ0n) is 39.3. The fraction of sp³-hybridized carbons (Fsp3) is 0.429. The maximum absolute atomic E-state index is 16.9. The second kappa shape index (κ2) is 19.1. The first-order valence-corrected chi connectivity index (χ1v) is 24.0. The van der Waals surface area contributed by atoms with Gasteiger partial charge in [0.1, 0.15) is 35.3 Å². The molecule has 0 spiro atoms. The number of carbonyl (C=O) groups excluding carboxylic acids is 4. The number of thiophene rings is 1. The van der Waals surface area contributed by atoms with Crippen LogP contribution in [0.25, 0.3) is 44.7 Å². The van der Waals surface area contributed by atoms with Crippen LogP contribution >= 0.6 is 11.3 Å². The summed E-state index contributed by atoms with van der Waals surface area (Å²) in [6.07, 6.45) is -1.98. The first-order valence-electron chi connectivity index (χ1n) is 23.1. The zero-order valence-corrected chi connectivity index (χ0v) is 40.1. The molecule has 4 amide bonds. The number of likely N-dealkylation sites (tertiary alicyclic amines) is 2. The van der Waals surface area contributed by atoms with Gasteiger partial charge in [-0.3, -0.25) is 14.2 Å². The van der Waals surface area contributed by atoms with Gasteiger partial charge in [-0.05, 0) is 80.0 Å². The number of nitrogens with one attached hydrogen (secondary N) is 4. The Bertz CT molecular complexity index is 2960. The van der Waals surface area contributed by atoms with E-state index in [9.17, 15) is 32.3 Å². The Labute approximate surface area is 404 Å². The van der Waals surface area contributed by atoms with Gasteiger partial charge in [-0.15, -0.1) is 11.3 Å². The lowest BCUT2D eigenvalue weighted by molar-refractivity contribution is -0.136. The molecule has 7 heterocycles. The van der Waals surface area contributed by atoms with E-state index in [4.69, 9.17) is 19.2 Å². The number of alkyl carbamates (subject to hydrolysis) is 2. The molecule has 4 aromatic heterocycles. The molecular weight excluding hydrogens is 935 g/mol. The molecule has 1 unspecified atom stereocenters. The number of aromatic nitrogens is 5. The van der Waals surface area contributed by atoms with Gasteiger partial charge in [-0.2, -0.15) is 13.2 Å². The number of alkyl halides is 3. The minimum Gasteiger partial charge on any atom is -0.464 e. The third kappa shape index (κ3) is 9.29. The number of imidazole rings is 2. The SMILES string of the molecule is COC(=O)N[C@H](C(=O)N1CCC[C@H]1c1ncc(-c2cc(F)c3c(c2)OC(c2ccc(CC(F)(F)F)s2)n2c-3cc3cc(-c4cnc([C@@H]5CCCN5C(=O)[C@@H](NC(=O)OC)C(C)C)[nH]4)ccc32)[nH]1)C(C)C. The minimum atomic E-state index is -4.43. The van der Waals surface area contributed by atoms with E-state index < -0.39 is 55.0 Å². The predicted molar refractivity (Wildman–Crippen MR) is 251 cm³/mol. The van der Waals surface area contributed by atoms with Crippen molar-refractivity contribution in [3.63, 3.8) is 0 Å². The van der Waals surface area contributed by atoms with Gasteiger partial charge in [-0.25, -0.2) is 23.9 Å². The molecule has 2 fully saturated rings. The van der Waals surface area contributed by atoms with Gasteiger partial charge in [0, 0.05) is 34.5 Å². The van der Waals surface area contributed by atoms with Crippen LogP contribution in [0.3, 0.4) is 0 Å². The summed E-state index contributed by atoms with van der Waals surface area (Å²) >= 11 is 0.967. The highest BCUT2D eigenvalue weighted by Crippen LogP contribution is 2.49. The van der Waals surface area contributed by atoms with E-state index in [0.717, 1.165) is 23.3 Å². The van der Waals surface area contributed by atoms with E-state index in [1.807, 2.05) is 52.0 Å². The van der Waals surface area contributed by atoms with Crippen molar-refractivity contribution in [2.75, 3.05) is 27.3 Å². The van der Waals surface area contributed by atoms with Crippen LogP contribution in [0.2, 0.25) is 0 Å². The number of benzene rings is 2. The number of hydrogen-bond donors (Lipinski definition) is 4. The number of ether oxygens (including phenoxy) is 3. The fourth-order valence-corrected chi connectivity index (χ4v) is 10.9. The van der Waals surface area contributed by atoms with Crippen LogP contribution in [-0.4, -0.2) is 104 Å². The van der Waals surface area contributed by atoms with Crippen molar-refractivity contribution in [2.45, 2.75) is 96.4 Å². The van der Waals surface area contributed by atoms with Crippen molar-refractivity contribution in [1.82, 2.24) is 44.9 Å². The summed E-state index contributed by atoms with van der Waals surface area (Å²) in [5, 5.41) is 6.00. The number of fused-ring (bicyclic) bond motifs is 5. The number of hydrogen-bond acceptors (Lipinski definition) is 10. The average molecular weight is 988 g/mol. The van der Waals surface area contributed by atoms with E-state index in [1.165, 1.54) is 26.4 Å². The molecule has 2 saturated heterocycles. The third-order valence-corrected chi connectivity index (χ3v) is 14.3. The second-order valence-corrected chi connectivity index (χ2v) is 19.7. The highest BCUT2D eigenvalue weighted by atomic mass is 32.1. The van der Waals surface area contributed by atoms with Crippen LogP contribution in [0.4, 0.5) is 27.2 Å². The topological polar surface area (TPSA) is 189 Å². The highest BCUT2D eigenvalue weighted by Gasteiger charge is 2.40. The molecule has 0 bridgehead atoms. The molecule has 6 aromatic rings. The summed E-state index contributed by atoms with van der Waals surface area (Å²) in [5.41, 5.74) is 3.50. The van der Waals surface area contributed by atoms with Crippen molar-refractivity contribution in [1.29, 1.82) is 0 Å². The summed E-state index contributed by atoms with van der Waals surface area (Å²) in [4.78, 5) is 71.8. The summed E-state index contributed by atoms with van der Waals surface area (Å²) in [5.74, 6) is -0.325. The number of rotatable bonds is 12. The Kier molecular flexibility index (Phi) is 13.2. The van der Waals surface area contributed by atoms with Crippen molar-refractivity contribution in [2.24, 2.45) is 11.8 Å².